The van der Waals surface area contributed by atoms with E-state index in [1.807, 2.05) is 43.1 Å². The average Bonchev–Trinajstić information content (AvgIpc) is 2.35. The molecule has 0 aliphatic heterocycles. The van der Waals surface area contributed by atoms with Crippen molar-refractivity contribution < 1.29 is 4.79 Å². The fraction of sp³-hybridized carbons (Fsp3) is 0.385. The van der Waals surface area contributed by atoms with E-state index in [1.165, 1.54) is 0 Å². The number of rotatable bonds is 4. The van der Waals surface area contributed by atoms with Crippen LogP contribution in [-0.4, -0.2) is 43.0 Å². The number of para-hydroxylation sites is 1. The molecule has 0 fully saturated rings. The van der Waals surface area contributed by atoms with Crippen LogP contribution < -0.4 is 10.6 Å². The van der Waals surface area contributed by atoms with Crippen LogP contribution in [0.1, 0.15) is 12.5 Å². The highest BCUT2D eigenvalue weighted by molar-refractivity contribution is 7.80. The smallest absolute Gasteiger partial charge is 0.244 e. The Morgan fingerprint density at radius 1 is 1.28 bits per heavy atom. The van der Waals surface area contributed by atoms with E-state index < -0.39 is 0 Å². The molecule has 0 aliphatic rings. The molecular formula is C13H19N3OS. The number of anilines is 1. The largest absolute Gasteiger partial charge is 0.389 e. The Hall–Kier alpha value is -1.62. The van der Waals surface area contributed by atoms with E-state index in [1.54, 1.807) is 19.0 Å². The molecule has 0 saturated heterocycles. The molecule has 1 unspecified atom stereocenters. The van der Waals surface area contributed by atoms with Crippen molar-refractivity contribution in [2.45, 2.75) is 13.0 Å². The second-order valence-corrected chi connectivity index (χ2v) is 4.84. The number of nitrogens with zero attached hydrogens (tertiary/aromatic N) is 2. The van der Waals surface area contributed by atoms with Crippen molar-refractivity contribution >= 4 is 28.8 Å². The highest BCUT2D eigenvalue weighted by Gasteiger charge is 2.21. The minimum Gasteiger partial charge on any atom is -0.389 e. The second kappa shape index (κ2) is 5.82. The summed E-state index contributed by atoms with van der Waals surface area (Å²) in [4.78, 5) is 15.8. The van der Waals surface area contributed by atoms with E-state index in [0.717, 1.165) is 11.3 Å². The average molecular weight is 265 g/mol. The summed E-state index contributed by atoms with van der Waals surface area (Å²) in [5, 5.41) is 0. The Morgan fingerprint density at radius 2 is 1.83 bits per heavy atom. The molecule has 0 saturated carbocycles. The van der Waals surface area contributed by atoms with Gasteiger partial charge in [-0.2, -0.15) is 0 Å². The van der Waals surface area contributed by atoms with Crippen molar-refractivity contribution in [2.24, 2.45) is 5.73 Å². The molecular weight excluding hydrogens is 246 g/mol. The maximum atomic E-state index is 12.0. The van der Waals surface area contributed by atoms with Crippen LogP contribution in [0.25, 0.3) is 0 Å². The monoisotopic (exact) mass is 265 g/mol. The lowest BCUT2D eigenvalue weighted by Crippen LogP contribution is -2.43. The molecule has 0 aromatic heterocycles. The Bertz CT molecular complexity index is 459. The minimum absolute atomic E-state index is 0.0373. The molecule has 98 valence electrons. The summed E-state index contributed by atoms with van der Waals surface area (Å²) < 4.78 is 0. The summed E-state index contributed by atoms with van der Waals surface area (Å²) in [7, 11) is 5.35. The number of likely N-dealkylation sites (N-methyl/N-ethyl adjacent to an activating group) is 2. The molecule has 0 spiro atoms. The van der Waals surface area contributed by atoms with E-state index in [9.17, 15) is 4.79 Å². The summed E-state index contributed by atoms with van der Waals surface area (Å²) in [6.45, 7) is 1.86. The zero-order valence-corrected chi connectivity index (χ0v) is 12.0. The topological polar surface area (TPSA) is 49.6 Å². The molecule has 0 radical (unpaired) electrons. The molecule has 1 atom stereocenters. The molecule has 1 aromatic rings. The zero-order chi connectivity index (χ0) is 13.9. The van der Waals surface area contributed by atoms with Crippen LogP contribution in [0.4, 0.5) is 5.69 Å². The highest BCUT2D eigenvalue weighted by Crippen LogP contribution is 2.21. The van der Waals surface area contributed by atoms with Crippen molar-refractivity contribution in [3.63, 3.8) is 0 Å². The van der Waals surface area contributed by atoms with Gasteiger partial charge in [0.25, 0.3) is 0 Å². The lowest BCUT2D eigenvalue weighted by atomic mass is 10.1. The number of hydrogen-bond acceptors (Lipinski definition) is 3. The van der Waals surface area contributed by atoms with Gasteiger partial charge in [0, 0.05) is 32.4 Å². The van der Waals surface area contributed by atoms with Gasteiger partial charge in [-0.25, -0.2) is 0 Å². The van der Waals surface area contributed by atoms with Gasteiger partial charge < -0.3 is 15.5 Å². The van der Waals surface area contributed by atoms with Crippen LogP contribution in [0.2, 0.25) is 0 Å². The number of nitrogens with two attached hydrogens (primary N) is 1. The molecule has 0 aliphatic carbocycles. The van der Waals surface area contributed by atoms with Crippen molar-refractivity contribution in [3.05, 3.63) is 29.8 Å². The van der Waals surface area contributed by atoms with Crippen molar-refractivity contribution in [1.29, 1.82) is 0 Å². The van der Waals surface area contributed by atoms with Crippen LogP contribution in [0, 0.1) is 0 Å². The van der Waals surface area contributed by atoms with Gasteiger partial charge in [-0.15, -0.1) is 0 Å². The van der Waals surface area contributed by atoms with E-state index in [2.05, 4.69) is 0 Å². The molecule has 1 aromatic carbocycles. The third-order valence-electron chi connectivity index (χ3n) is 2.93. The zero-order valence-electron chi connectivity index (χ0n) is 11.2. The van der Waals surface area contributed by atoms with Gasteiger partial charge in [-0.05, 0) is 19.1 Å². The summed E-state index contributed by atoms with van der Waals surface area (Å²) in [5.41, 5.74) is 7.35. The number of thiocarbonyl (C=S) groups is 1. The van der Waals surface area contributed by atoms with Crippen molar-refractivity contribution in [3.8, 4) is 0 Å². The predicted molar refractivity (Wildman–Crippen MR) is 78.9 cm³/mol. The number of benzene rings is 1. The van der Waals surface area contributed by atoms with Gasteiger partial charge in [-0.1, -0.05) is 24.4 Å². The number of hydrogen-bond donors (Lipinski definition) is 1. The fourth-order valence-electron chi connectivity index (χ4n) is 1.74. The Kier molecular flexibility index (Phi) is 4.67. The first kappa shape index (κ1) is 14.4. The SMILES string of the molecule is CC(C(=O)N(C)C)N(C)c1ccccc1C(N)=S. The van der Waals surface area contributed by atoms with Gasteiger partial charge in [-0.3, -0.25) is 4.79 Å². The number of amides is 1. The van der Waals surface area contributed by atoms with E-state index in [0.29, 0.717) is 4.99 Å². The molecule has 18 heavy (non-hydrogen) atoms. The van der Waals surface area contributed by atoms with Gasteiger partial charge >= 0.3 is 0 Å². The quantitative estimate of drug-likeness (QED) is 0.832. The first-order chi connectivity index (χ1) is 8.36. The van der Waals surface area contributed by atoms with E-state index in [-0.39, 0.29) is 11.9 Å². The van der Waals surface area contributed by atoms with Crippen molar-refractivity contribution in [1.82, 2.24) is 4.90 Å². The first-order valence-electron chi connectivity index (χ1n) is 5.69. The van der Waals surface area contributed by atoms with Crippen LogP contribution in [0.5, 0.6) is 0 Å². The Balaban J connectivity index is 3.07. The van der Waals surface area contributed by atoms with Gasteiger partial charge in [0.1, 0.15) is 11.0 Å². The number of carbonyl (C=O) groups is 1. The normalized spacial score (nSPS) is 11.8. The third-order valence-corrected chi connectivity index (χ3v) is 3.15. The third kappa shape index (κ3) is 2.98. The van der Waals surface area contributed by atoms with Crippen LogP contribution in [-0.2, 0) is 4.79 Å². The van der Waals surface area contributed by atoms with Crippen LogP contribution in [0.3, 0.4) is 0 Å². The minimum atomic E-state index is -0.268. The lowest BCUT2D eigenvalue weighted by Gasteiger charge is -2.29. The summed E-state index contributed by atoms with van der Waals surface area (Å²) in [6, 6.07) is 7.29. The molecule has 2 N–H and O–H groups in total. The fourth-order valence-corrected chi connectivity index (χ4v) is 1.91. The predicted octanol–water partition coefficient (Wildman–Crippen LogP) is 1.23. The van der Waals surface area contributed by atoms with Crippen LogP contribution in [0.15, 0.2) is 24.3 Å². The lowest BCUT2D eigenvalue weighted by molar-refractivity contribution is -0.129. The molecule has 0 bridgehead atoms. The van der Waals surface area contributed by atoms with Gasteiger partial charge in [0.15, 0.2) is 0 Å². The maximum Gasteiger partial charge on any atom is 0.244 e. The van der Waals surface area contributed by atoms with E-state index >= 15 is 0 Å². The number of carbonyl (C=O) groups excluding carboxylic acids is 1. The Labute approximate surface area is 113 Å². The highest BCUT2D eigenvalue weighted by atomic mass is 32.1. The molecule has 1 rings (SSSR count). The molecule has 1 amide bonds. The van der Waals surface area contributed by atoms with E-state index in [4.69, 9.17) is 18.0 Å². The van der Waals surface area contributed by atoms with Crippen molar-refractivity contribution in [2.75, 3.05) is 26.0 Å². The summed E-state index contributed by atoms with van der Waals surface area (Å²) >= 11 is 5.03. The summed E-state index contributed by atoms with van der Waals surface area (Å²) in [6.07, 6.45) is 0. The molecule has 5 heteroatoms. The maximum absolute atomic E-state index is 12.0. The molecule has 0 heterocycles. The summed E-state index contributed by atoms with van der Waals surface area (Å²) in [5.74, 6) is 0.0373. The van der Waals surface area contributed by atoms with Gasteiger partial charge in [0.05, 0.1) is 0 Å². The van der Waals surface area contributed by atoms with Gasteiger partial charge in [0.2, 0.25) is 5.91 Å². The second-order valence-electron chi connectivity index (χ2n) is 4.40. The molecule has 4 nitrogen and oxygen atoms in total. The standard InChI is InChI=1S/C13H19N3OS/c1-9(13(17)15(2)3)16(4)11-8-6-5-7-10(11)12(14)18/h5-9H,1-4H3,(H2,14,18). The first-order valence-corrected chi connectivity index (χ1v) is 6.10. The van der Waals surface area contributed by atoms with Crippen LogP contribution >= 0.6 is 12.2 Å². The Morgan fingerprint density at radius 3 is 2.33 bits per heavy atom.